The van der Waals surface area contributed by atoms with Gasteiger partial charge < -0.3 is 4.55 Å². The Morgan fingerprint density at radius 3 is 2.77 bits per heavy atom. The van der Waals surface area contributed by atoms with Gasteiger partial charge >= 0.3 is 0 Å². The molecule has 0 bridgehead atoms. The molecule has 0 aromatic carbocycles. The SMILES string of the molecule is Cc1scc[n+]1CCCS(=O)(=O)[O-]. The van der Waals surface area contributed by atoms with Gasteiger partial charge in [0.1, 0.15) is 6.54 Å². The maximum absolute atomic E-state index is 10.3. The van der Waals surface area contributed by atoms with E-state index in [-0.39, 0.29) is 5.75 Å². The molecule has 0 aliphatic carbocycles. The Bertz CT molecular complexity index is 369. The largest absolute Gasteiger partial charge is 0.748 e. The quantitative estimate of drug-likeness (QED) is 0.542. The van der Waals surface area contributed by atoms with Crippen LogP contribution in [0.25, 0.3) is 0 Å². The van der Waals surface area contributed by atoms with Crippen molar-refractivity contribution < 1.29 is 17.5 Å². The van der Waals surface area contributed by atoms with Crippen LogP contribution in [0.4, 0.5) is 0 Å². The minimum Gasteiger partial charge on any atom is -0.748 e. The molecule has 0 N–H and O–H groups in total. The molecule has 4 nitrogen and oxygen atoms in total. The number of aryl methyl sites for hydroxylation is 2. The highest BCUT2D eigenvalue weighted by atomic mass is 32.2. The van der Waals surface area contributed by atoms with E-state index >= 15 is 0 Å². The van der Waals surface area contributed by atoms with E-state index in [4.69, 9.17) is 0 Å². The van der Waals surface area contributed by atoms with Gasteiger partial charge in [-0.2, -0.15) is 4.57 Å². The molecule has 0 unspecified atom stereocenters. The predicted octanol–water partition coefficient (Wildman–Crippen LogP) is 0.279. The second-order valence-corrected chi connectivity index (χ2v) is 5.35. The number of thiazole rings is 1. The Morgan fingerprint density at radius 1 is 1.62 bits per heavy atom. The van der Waals surface area contributed by atoms with E-state index in [9.17, 15) is 13.0 Å². The van der Waals surface area contributed by atoms with E-state index in [0.29, 0.717) is 13.0 Å². The number of rotatable bonds is 4. The number of nitrogens with zero attached hydrogens (tertiary/aromatic N) is 1. The topological polar surface area (TPSA) is 61.1 Å². The van der Waals surface area contributed by atoms with Crippen LogP contribution in [0, 0.1) is 6.92 Å². The molecule has 0 saturated heterocycles. The summed E-state index contributed by atoms with van der Waals surface area (Å²) in [5, 5.41) is 3.05. The number of hydrogen-bond acceptors (Lipinski definition) is 4. The van der Waals surface area contributed by atoms with Gasteiger partial charge in [-0.25, -0.2) is 8.42 Å². The normalized spacial score (nSPS) is 11.8. The van der Waals surface area contributed by atoms with E-state index in [2.05, 4.69) is 0 Å². The minimum absolute atomic E-state index is 0.282. The zero-order chi connectivity index (χ0) is 9.90. The molecule has 0 amide bonds. The summed E-state index contributed by atoms with van der Waals surface area (Å²) in [6.07, 6.45) is 2.27. The van der Waals surface area contributed by atoms with Crippen molar-refractivity contribution in [1.82, 2.24) is 0 Å². The van der Waals surface area contributed by atoms with Gasteiger partial charge in [0.05, 0.1) is 15.5 Å². The second kappa shape index (κ2) is 4.17. The summed E-state index contributed by atoms with van der Waals surface area (Å²) in [5.74, 6) is -0.282. The van der Waals surface area contributed by atoms with Crippen LogP contribution < -0.4 is 4.57 Å². The highest BCUT2D eigenvalue weighted by molar-refractivity contribution is 7.85. The van der Waals surface area contributed by atoms with Crippen LogP contribution >= 0.6 is 11.3 Å². The zero-order valence-corrected chi connectivity index (χ0v) is 8.90. The molecule has 74 valence electrons. The molecule has 0 fully saturated rings. The molecule has 1 rings (SSSR count). The lowest BCUT2D eigenvalue weighted by Crippen LogP contribution is -2.34. The summed E-state index contributed by atoms with van der Waals surface area (Å²) in [6.45, 7) is 2.55. The van der Waals surface area contributed by atoms with Crippen molar-refractivity contribution in [3.63, 3.8) is 0 Å². The van der Waals surface area contributed by atoms with E-state index < -0.39 is 10.1 Å². The predicted molar refractivity (Wildman–Crippen MR) is 48.4 cm³/mol. The van der Waals surface area contributed by atoms with Gasteiger partial charge in [0.15, 0.2) is 6.20 Å². The van der Waals surface area contributed by atoms with Gasteiger partial charge in [-0.05, 0) is 0 Å². The Kier molecular flexibility index (Phi) is 3.40. The lowest BCUT2D eigenvalue weighted by Gasteiger charge is -2.03. The van der Waals surface area contributed by atoms with Crippen molar-refractivity contribution >= 4 is 21.5 Å². The fraction of sp³-hybridized carbons (Fsp3) is 0.571. The van der Waals surface area contributed by atoms with Crippen molar-refractivity contribution in [2.45, 2.75) is 19.9 Å². The summed E-state index contributed by atoms with van der Waals surface area (Å²) in [6, 6.07) is 0. The molecule has 0 atom stereocenters. The summed E-state index contributed by atoms with van der Waals surface area (Å²) >= 11 is 1.60. The fourth-order valence-corrected chi connectivity index (χ4v) is 2.19. The summed E-state index contributed by atoms with van der Waals surface area (Å²) in [4.78, 5) is 0. The third-order valence-electron chi connectivity index (χ3n) is 1.68. The van der Waals surface area contributed by atoms with Gasteiger partial charge in [-0.3, -0.25) is 0 Å². The molecule has 0 aliphatic heterocycles. The average Bonchev–Trinajstić information content (AvgIpc) is 2.34. The van der Waals surface area contributed by atoms with Crippen LogP contribution in [-0.2, 0) is 16.7 Å². The van der Waals surface area contributed by atoms with Gasteiger partial charge in [0.25, 0.3) is 0 Å². The van der Waals surface area contributed by atoms with E-state index in [0.717, 1.165) is 5.01 Å². The van der Waals surface area contributed by atoms with Gasteiger partial charge in [0, 0.05) is 19.1 Å². The van der Waals surface area contributed by atoms with Crippen molar-refractivity contribution in [3.05, 3.63) is 16.6 Å². The second-order valence-electron chi connectivity index (χ2n) is 2.73. The van der Waals surface area contributed by atoms with Crippen molar-refractivity contribution in [2.75, 3.05) is 5.75 Å². The smallest absolute Gasteiger partial charge is 0.234 e. The maximum Gasteiger partial charge on any atom is 0.234 e. The third kappa shape index (κ3) is 3.84. The van der Waals surface area contributed by atoms with Crippen LogP contribution in [0.3, 0.4) is 0 Å². The first kappa shape index (κ1) is 10.6. The molecule has 1 aromatic heterocycles. The molecular formula is C7H11NO3S2. The average molecular weight is 221 g/mol. The molecule has 1 aromatic rings. The molecule has 1 heterocycles. The zero-order valence-electron chi connectivity index (χ0n) is 7.26. The first-order valence-electron chi connectivity index (χ1n) is 3.86. The fourth-order valence-electron chi connectivity index (χ4n) is 1.02. The van der Waals surface area contributed by atoms with Gasteiger partial charge in [0.2, 0.25) is 5.01 Å². The molecule has 0 aliphatic rings. The highest BCUT2D eigenvalue weighted by Gasteiger charge is 2.07. The Labute approximate surface area is 81.6 Å². The molecule has 6 heteroatoms. The molecular weight excluding hydrogens is 210 g/mol. The Hall–Kier alpha value is -0.460. The molecule has 13 heavy (non-hydrogen) atoms. The molecule has 0 radical (unpaired) electrons. The van der Waals surface area contributed by atoms with E-state index in [1.807, 2.05) is 23.1 Å². The first-order chi connectivity index (χ1) is 5.99. The lowest BCUT2D eigenvalue weighted by molar-refractivity contribution is -0.697. The van der Waals surface area contributed by atoms with Crippen molar-refractivity contribution in [3.8, 4) is 0 Å². The summed E-state index contributed by atoms with van der Waals surface area (Å²) in [7, 11) is -4.05. The van der Waals surface area contributed by atoms with Crippen LogP contribution in [-0.4, -0.2) is 18.7 Å². The summed E-state index contributed by atoms with van der Waals surface area (Å²) in [5.41, 5.74) is 0. The van der Waals surface area contributed by atoms with Crippen LogP contribution in [0.5, 0.6) is 0 Å². The maximum atomic E-state index is 10.3. The standard InChI is InChI=1S/C7H11NO3S2/c1-7-8(4-5-12-7)3-2-6-13(9,10)11/h4-5H,2-3,6H2,1H3. The number of aromatic nitrogens is 1. The van der Waals surface area contributed by atoms with E-state index in [1.54, 1.807) is 11.3 Å². The Morgan fingerprint density at radius 2 is 2.31 bits per heavy atom. The lowest BCUT2D eigenvalue weighted by atomic mass is 10.5. The molecule has 0 spiro atoms. The van der Waals surface area contributed by atoms with Gasteiger partial charge in [-0.1, -0.05) is 11.3 Å². The van der Waals surface area contributed by atoms with Crippen molar-refractivity contribution in [1.29, 1.82) is 0 Å². The van der Waals surface area contributed by atoms with Crippen LogP contribution in [0.2, 0.25) is 0 Å². The first-order valence-corrected chi connectivity index (χ1v) is 6.32. The third-order valence-corrected chi connectivity index (χ3v) is 3.30. The monoisotopic (exact) mass is 221 g/mol. The van der Waals surface area contributed by atoms with Crippen molar-refractivity contribution in [2.24, 2.45) is 0 Å². The Balaban J connectivity index is 2.41. The minimum atomic E-state index is -4.05. The summed E-state index contributed by atoms with van der Waals surface area (Å²) < 4.78 is 32.8. The van der Waals surface area contributed by atoms with E-state index in [1.165, 1.54) is 0 Å². The number of hydrogen-bond donors (Lipinski definition) is 0. The highest BCUT2D eigenvalue weighted by Crippen LogP contribution is 1.99. The van der Waals surface area contributed by atoms with Gasteiger partial charge in [-0.15, -0.1) is 0 Å². The van der Waals surface area contributed by atoms with Crippen LogP contribution in [0.1, 0.15) is 11.4 Å². The van der Waals surface area contributed by atoms with Crippen LogP contribution in [0.15, 0.2) is 11.6 Å². The molecule has 0 saturated carbocycles.